The Kier molecular flexibility index (Phi) is 9.20. The van der Waals surface area contributed by atoms with E-state index in [9.17, 15) is 8.78 Å². The van der Waals surface area contributed by atoms with Crippen molar-refractivity contribution in [1.82, 2.24) is 4.90 Å². The maximum Gasteiger partial charge on any atom is 0.193 e. The van der Waals surface area contributed by atoms with Gasteiger partial charge in [-0.2, -0.15) is 0 Å². The molecule has 0 fully saturated rings. The lowest BCUT2D eigenvalue weighted by atomic mass is 10.0. The fourth-order valence-electron chi connectivity index (χ4n) is 2.46. The van der Waals surface area contributed by atoms with E-state index in [4.69, 9.17) is 22.1 Å². The normalized spacial score (nSPS) is 12.5. The molecule has 0 bridgehead atoms. The summed E-state index contributed by atoms with van der Waals surface area (Å²) in [6.07, 6.45) is 0. The van der Waals surface area contributed by atoms with Gasteiger partial charge in [0.05, 0.1) is 24.7 Å². The molecule has 0 saturated heterocycles. The number of hydrogen-bond acceptors (Lipinski definition) is 3. The van der Waals surface area contributed by atoms with Crippen LogP contribution in [0, 0.1) is 11.6 Å². The molecular weight excluding hydrogens is 489 g/mol. The second kappa shape index (κ2) is 10.6. The molecule has 2 aromatic rings. The number of benzene rings is 2. The first-order chi connectivity index (χ1) is 12.3. The summed E-state index contributed by atoms with van der Waals surface area (Å²) in [7, 11) is 4.96. The minimum Gasteiger partial charge on any atom is -0.495 e. The van der Waals surface area contributed by atoms with E-state index < -0.39 is 17.7 Å². The number of ether oxygens (including phenoxy) is 1. The molecule has 0 amide bonds. The van der Waals surface area contributed by atoms with E-state index in [0.29, 0.717) is 16.5 Å². The summed E-state index contributed by atoms with van der Waals surface area (Å²) in [6.45, 7) is 0.0770. The Morgan fingerprint density at radius 2 is 1.89 bits per heavy atom. The van der Waals surface area contributed by atoms with Crippen LogP contribution in [-0.4, -0.2) is 38.6 Å². The van der Waals surface area contributed by atoms with Crippen LogP contribution in [0.5, 0.6) is 5.75 Å². The Morgan fingerprint density at radius 1 is 1.26 bits per heavy atom. The van der Waals surface area contributed by atoms with E-state index in [1.54, 1.807) is 37.2 Å². The van der Waals surface area contributed by atoms with E-state index in [-0.39, 0.29) is 42.0 Å². The number of rotatable bonds is 6. The predicted octanol–water partition coefficient (Wildman–Crippen LogP) is 4.27. The Balaban J connectivity index is 0.00000364. The number of halogens is 4. The van der Waals surface area contributed by atoms with E-state index in [1.807, 2.05) is 0 Å². The van der Waals surface area contributed by atoms with Gasteiger partial charge in [-0.15, -0.1) is 24.0 Å². The van der Waals surface area contributed by atoms with Crippen LogP contribution in [-0.2, 0) is 0 Å². The molecule has 0 aromatic heterocycles. The molecule has 0 aliphatic rings. The third kappa shape index (κ3) is 6.18. The Hall–Kier alpha value is -1.65. The number of hydrogen-bond donors (Lipinski definition) is 2. The average molecular weight is 511 g/mol. The van der Waals surface area contributed by atoms with Crippen LogP contribution in [0.15, 0.2) is 41.4 Å². The van der Waals surface area contributed by atoms with E-state index >= 15 is 0 Å². The van der Waals surface area contributed by atoms with Gasteiger partial charge in [-0.1, -0.05) is 17.7 Å². The van der Waals surface area contributed by atoms with E-state index in [0.717, 1.165) is 0 Å². The quantitative estimate of drug-likeness (QED) is 0.346. The molecule has 0 radical (unpaired) electrons. The lowest BCUT2D eigenvalue weighted by Gasteiger charge is -2.24. The van der Waals surface area contributed by atoms with Crippen LogP contribution in [0.3, 0.4) is 0 Å². The molecule has 0 spiro atoms. The molecule has 0 saturated carbocycles. The van der Waals surface area contributed by atoms with Gasteiger partial charge >= 0.3 is 0 Å². The minimum absolute atomic E-state index is 0. The molecule has 0 aliphatic heterocycles. The van der Waals surface area contributed by atoms with Crippen molar-refractivity contribution < 1.29 is 13.5 Å². The third-order valence-electron chi connectivity index (χ3n) is 3.82. The molecule has 1 unspecified atom stereocenters. The van der Waals surface area contributed by atoms with Gasteiger partial charge in [0.2, 0.25) is 0 Å². The topological polar surface area (TPSA) is 62.9 Å². The predicted molar refractivity (Wildman–Crippen MR) is 116 cm³/mol. The highest BCUT2D eigenvalue weighted by Crippen LogP contribution is 2.27. The summed E-state index contributed by atoms with van der Waals surface area (Å²) in [5.41, 5.74) is 6.47. The Bertz CT molecular complexity index is 785. The first-order valence-electron chi connectivity index (χ1n) is 7.84. The van der Waals surface area contributed by atoms with Crippen LogP contribution in [0.25, 0.3) is 0 Å². The van der Waals surface area contributed by atoms with Crippen LogP contribution >= 0.6 is 35.6 Å². The highest BCUT2D eigenvalue weighted by molar-refractivity contribution is 14.0. The van der Waals surface area contributed by atoms with Crippen molar-refractivity contribution in [2.24, 2.45) is 10.7 Å². The zero-order chi connectivity index (χ0) is 19.3. The Morgan fingerprint density at radius 3 is 2.41 bits per heavy atom. The standard InChI is InChI=1S/C18H21ClF2N4O.HI/c1-25(2)15(17-13(20)5-4-6-14(17)21)10-23-18(22)24-11-7-8-16(26-3)12(19)9-11;/h4-9,15H,10H2,1-3H3,(H3,22,23,24);1H. The van der Waals surface area contributed by atoms with Gasteiger partial charge < -0.3 is 20.7 Å². The highest BCUT2D eigenvalue weighted by Gasteiger charge is 2.21. The lowest BCUT2D eigenvalue weighted by molar-refractivity contribution is 0.290. The molecule has 2 aromatic carbocycles. The SMILES string of the molecule is COc1ccc(NC(N)=NCC(c2c(F)cccc2F)N(C)C)cc1Cl.I. The lowest BCUT2D eigenvalue weighted by Crippen LogP contribution is -2.28. The van der Waals surface area contributed by atoms with Gasteiger partial charge in [-0.25, -0.2) is 8.78 Å². The van der Waals surface area contributed by atoms with E-state index in [1.165, 1.54) is 25.3 Å². The number of guanidine groups is 1. The van der Waals surface area contributed by atoms with Crippen LogP contribution in [0.2, 0.25) is 5.02 Å². The number of nitrogens with two attached hydrogens (primary N) is 1. The summed E-state index contributed by atoms with van der Waals surface area (Å²) in [4.78, 5) is 5.89. The molecule has 0 aliphatic carbocycles. The molecule has 2 rings (SSSR count). The van der Waals surface area contributed by atoms with E-state index in [2.05, 4.69) is 10.3 Å². The van der Waals surface area contributed by atoms with Gasteiger partial charge in [-0.3, -0.25) is 4.99 Å². The number of likely N-dealkylation sites (N-methyl/N-ethyl adjacent to an activating group) is 1. The van der Waals surface area contributed by atoms with Crippen LogP contribution in [0.1, 0.15) is 11.6 Å². The number of nitrogens with one attached hydrogen (secondary N) is 1. The molecule has 0 heterocycles. The molecule has 27 heavy (non-hydrogen) atoms. The van der Waals surface area contributed by atoms with Crippen molar-refractivity contribution >= 4 is 47.2 Å². The van der Waals surface area contributed by atoms with Gasteiger partial charge in [0, 0.05) is 11.3 Å². The Labute approximate surface area is 179 Å². The van der Waals surface area contributed by atoms with Crippen molar-refractivity contribution in [2.45, 2.75) is 6.04 Å². The van der Waals surface area contributed by atoms with Gasteiger partial charge in [0.1, 0.15) is 17.4 Å². The summed E-state index contributed by atoms with van der Waals surface area (Å²) in [5, 5.41) is 3.31. The molecular formula is C18H22ClF2IN4O. The first-order valence-corrected chi connectivity index (χ1v) is 8.22. The monoisotopic (exact) mass is 510 g/mol. The number of nitrogens with zero attached hydrogens (tertiary/aromatic N) is 2. The van der Waals surface area contributed by atoms with Crippen molar-refractivity contribution in [3.63, 3.8) is 0 Å². The second-order valence-corrected chi connectivity index (χ2v) is 6.22. The molecule has 3 N–H and O–H groups in total. The fraction of sp³-hybridized carbons (Fsp3) is 0.278. The van der Waals surface area contributed by atoms with Crippen LogP contribution < -0.4 is 15.8 Å². The zero-order valence-electron chi connectivity index (χ0n) is 15.2. The maximum atomic E-state index is 14.1. The summed E-state index contributed by atoms with van der Waals surface area (Å²) < 4.78 is 33.2. The fourth-order valence-corrected chi connectivity index (χ4v) is 2.72. The third-order valence-corrected chi connectivity index (χ3v) is 4.11. The summed E-state index contributed by atoms with van der Waals surface area (Å²) in [5.74, 6) is -0.593. The van der Waals surface area contributed by atoms with Crippen molar-refractivity contribution in [3.8, 4) is 5.75 Å². The number of methoxy groups -OCH3 is 1. The van der Waals surface area contributed by atoms with Crippen molar-refractivity contribution in [2.75, 3.05) is 33.1 Å². The second-order valence-electron chi connectivity index (χ2n) is 5.81. The molecule has 5 nitrogen and oxygen atoms in total. The first kappa shape index (κ1) is 23.4. The summed E-state index contributed by atoms with van der Waals surface area (Å²) in [6, 6.07) is 8.23. The van der Waals surface area contributed by atoms with Crippen molar-refractivity contribution in [1.29, 1.82) is 0 Å². The van der Waals surface area contributed by atoms with Gasteiger partial charge in [0.15, 0.2) is 5.96 Å². The smallest absolute Gasteiger partial charge is 0.193 e. The van der Waals surface area contributed by atoms with Crippen LogP contribution in [0.4, 0.5) is 14.5 Å². The minimum atomic E-state index is -0.618. The highest BCUT2D eigenvalue weighted by atomic mass is 127. The number of aliphatic imine (C=N–C) groups is 1. The number of anilines is 1. The molecule has 148 valence electrons. The average Bonchev–Trinajstić information content (AvgIpc) is 2.57. The maximum absolute atomic E-state index is 14.1. The molecule has 9 heteroatoms. The zero-order valence-corrected chi connectivity index (χ0v) is 18.3. The molecule has 1 atom stereocenters. The van der Waals surface area contributed by atoms with Gasteiger partial charge in [0.25, 0.3) is 0 Å². The van der Waals surface area contributed by atoms with Gasteiger partial charge in [-0.05, 0) is 44.4 Å². The van der Waals surface area contributed by atoms with Crippen molar-refractivity contribution in [3.05, 3.63) is 58.6 Å². The summed E-state index contributed by atoms with van der Waals surface area (Å²) >= 11 is 6.06. The largest absolute Gasteiger partial charge is 0.495 e.